The monoisotopic (exact) mass is 478 g/mol. The number of hydrogen-bond acceptors (Lipinski definition) is 6. The van der Waals surface area contributed by atoms with Gasteiger partial charge in [-0.05, 0) is 30.5 Å². The summed E-state index contributed by atoms with van der Waals surface area (Å²) in [6.45, 7) is 1.23. The van der Waals surface area contributed by atoms with Gasteiger partial charge in [0.2, 0.25) is 11.8 Å². The molecule has 34 heavy (non-hydrogen) atoms. The standard InChI is InChI=1S/C24H23ClN6O3/c1-34-22-10-18(19(25)14-27-22)20-11-21(30-29-20)24(33)31-8-6-15(7-9-31)23(32)28-13-17-5-3-2-4-16(17)12-26/h2-5,10-11,14-15H,6-9,13H2,1H3,(H,28,32)(H,29,30). The summed E-state index contributed by atoms with van der Waals surface area (Å²) in [7, 11) is 1.51. The first-order chi connectivity index (χ1) is 16.5. The second kappa shape index (κ2) is 10.4. The molecule has 1 aliphatic rings. The molecule has 4 rings (SSSR count). The van der Waals surface area contributed by atoms with E-state index >= 15 is 0 Å². The molecular weight excluding hydrogens is 456 g/mol. The third kappa shape index (κ3) is 5.02. The third-order valence-corrected chi connectivity index (χ3v) is 6.17. The first kappa shape index (κ1) is 23.3. The van der Waals surface area contributed by atoms with E-state index in [0.29, 0.717) is 65.9 Å². The molecule has 1 saturated heterocycles. The van der Waals surface area contributed by atoms with Crippen molar-refractivity contribution in [3.8, 4) is 23.2 Å². The van der Waals surface area contributed by atoms with Gasteiger partial charge in [-0.3, -0.25) is 14.7 Å². The van der Waals surface area contributed by atoms with Gasteiger partial charge in [0.05, 0.1) is 35.7 Å². The van der Waals surface area contributed by atoms with Crippen LogP contribution in [-0.2, 0) is 11.3 Å². The Balaban J connectivity index is 1.33. The van der Waals surface area contributed by atoms with E-state index in [1.54, 1.807) is 29.2 Å². The number of aromatic nitrogens is 3. The number of pyridine rings is 1. The lowest BCUT2D eigenvalue weighted by molar-refractivity contribution is -0.126. The smallest absolute Gasteiger partial charge is 0.271 e. The maximum atomic E-state index is 13.0. The van der Waals surface area contributed by atoms with Gasteiger partial charge in [-0.2, -0.15) is 10.4 Å². The van der Waals surface area contributed by atoms with Crippen LogP contribution in [0.3, 0.4) is 0 Å². The molecule has 0 aliphatic carbocycles. The number of likely N-dealkylation sites (tertiary alicyclic amines) is 1. The quantitative estimate of drug-likeness (QED) is 0.560. The Morgan fingerprint density at radius 1 is 1.29 bits per heavy atom. The number of hydrogen-bond donors (Lipinski definition) is 2. The number of nitrogens with zero attached hydrogens (tertiary/aromatic N) is 4. The van der Waals surface area contributed by atoms with Gasteiger partial charge < -0.3 is 15.0 Å². The molecule has 0 atom stereocenters. The first-order valence-electron chi connectivity index (χ1n) is 10.8. The van der Waals surface area contributed by atoms with Crippen molar-refractivity contribution in [1.82, 2.24) is 25.4 Å². The summed E-state index contributed by atoms with van der Waals surface area (Å²) in [5.41, 5.74) is 2.80. The summed E-state index contributed by atoms with van der Waals surface area (Å²) in [6, 6.07) is 12.6. The molecule has 2 amide bonds. The van der Waals surface area contributed by atoms with Gasteiger partial charge >= 0.3 is 0 Å². The zero-order chi connectivity index (χ0) is 24.1. The molecule has 0 spiro atoms. The number of benzene rings is 1. The van der Waals surface area contributed by atoms with Gasteiger partial charge in [-0.15, -0.1) is 0 Å². The van der Waals surface area contributed by atoms with E-state index in [1.807, 2.05) is 12.1 Å². The number of nitriles is 1. The minimum Gasteiger partial charge on any atom is -0.481 e. The van der Waals surface area contributed by atoms with Crippen molar-refractivity contribution in [2.24, 2.45) is 5.92 Å². The molecular formula is C24H23ClN6O3. The normalized spacial score (nSPS) is 13.9. The molecule has 10 heteroatoms. The summed E-state index contributed by atoms with van der Waals surface area (Å²) >= 11 is 6.23. The molecule has 174 valence electrons. The molecule has 3 aromatic rings. The van der Waals surface area contributed by atoms with Crippen LogP contribution < -0.4 is 10.1 Å². The number of ether oxygens (including phenoxy) is 1. The van der Waals surface area contributed by atoms with E-state index in [-0.39, 0.29) is 17.7 Å². The fraction of sp³-hybridized carbons (Fsp3) is 0.292. The maximum absolute atomic E-state index is 13.0. The molecule has 9 nitrogen and oxygen atoms in total. The number of amides is 2. The summed E-state index contributed by atoms with van der Waals surface area (Å²) in [6.07, 6.45) is 2.60. The Kier molecular flexibility index (Phi) is 7.09. The van der Waals surface area contributed by atoms with Crippen molar-refractivity contribution in [1.29, 1.82) is 5.26 Å². The summed E-state index contributed by atoms with van der Waals surface area (Å²) < 4.78 is 5.13. The predicted octanol–water partition coefficient (Wildman–Crippen LogP) is 3.17. The number of carbonyl (C=O) groups is 2. The minimum atomic E-state index is -0.183. The van der Waals surface area contributed by atoms with Gasteiger partial charge in [0.1, 0.15) is 5.69 Å². The third-order valence-electron chi connectivity index (χ3n) is 5.87. The zero-order valence-corrected chi connectivity index (χ0v) is 19.3. The lowest BCUT2D eigenvalue weighted by Gasteiger charge is -2.31. The highest BCUT2D eigenvalue weighted by Crippen LogP contribution is 2.29. The molecule has 2 aromatic heterocycles. The number of carbonyl (C=O) groups excluding carboxylic acids is 2. The minimum absolute atomic E-state index is 0.0649. The number of nitrogens with one attached hydrogen (secondary N) is 2. The number of piperidine rings is 1. The average molecular weight is 479 g/mol. The molecule has 0 radical (unpaired) electrons. The van der Waals surface area contributed by atoms with Crippen LogP contribution in [0, 0.1) is 17.2 Å². The van der Waals surface area contributed by atoms with Crippen molar-refractivity contribution in [2.45, 2.75) is 19.4 Å². The highest BCUT2D eigenvalue weighted by Gasteiger charge is 2.28. The van der Waals surface area contributed by atoms with Gasteiger partial charge in [-0.1, -0.05) is 29.8 Å². The Hall–Kier alpha value is -3.90. The average Bonchev–Trinajstić information content (AvgIpc) is 3.37. The van der Waals surface area contributed by atoms with Crippen LogP contribution in [0.2, 0.25) is 5.02 Å². The second-order valence-electron chi connectivity index (χ2n) is 7.93. The molecule has 1 aliphatic heterocycles. The fourth-order valence-electron chi connectivity index (χ4n) is 3.92. The molecule has 1 aromatic carbocycles. The Morgan fingerprint density at radius 3 is 2.79 bits per heavy atom. The number of H-pyrrole nitrogens is 1. The lowest BCUT2D eigenvalue weighted by atomic mass is 9.95. The van der Waals surface area contributed by atoms with Crippen molar-refractivity contribution in [3.63, 3.8) is 0 Å². The van der Waals surface area contributed by atoms with Crippen LogP contribution in [0.1, 0.15) is 34.5 Å². The molecule has 0 unspecified atom stereocenters. The highest BCUT2D eigenvalue weighted by atomic mass is 35.5. The number of methoxy groups -OCH3 is 1. The van der Waals surface area contributed by atoms with Crippen LogP contribution in [0.15, 0.2) is 42.6 Å². The lowest BCUT2D eigenvalue weighted by Crippen LogP contribution is -2.43. The number of halogens is 1. The topological polar surface area (TPSA) is 124 Å². The summed E-state index contributed by atoms with van der Waals surface area (Å²) in [5, 5.41) is 19.5. The predicted molar refractivity (Wildman–Crippen MR) is 125 cm³/mol. The van der Waals surface area contributed by atoms with Crippen LogP contribution in [0.4, 0.5) is 0 Å². The Labute approximate surface area is 201 Å². The van der Waals surface area contributed by atoms with E-state index in [9.17, 15) is 14.9 Å². The van der Waals surface area contributed by atoms with E-state index in [1.165, 1.54) is 13.3 Å². The van der Waals surface area contributed by atoms with Crippen LogP contribution in [0.5, 0.6) is 5.88 Å². The van der Waals surface area contributed by atoms with Crippen molar-refractivity contribution in [3.05, 3.63) is 64.4 Å². The molecule has 3 heterocycles. The number of aromatic amines is 1. The molecule has 2 N–H and O–H groups in total. The van der Waals surface area contributed by atoms with Crippen LogP contribution >= 0.6 is 11.6 Å². The Morgan fingerprint density at radius 2 is 2.06 bits per heavy atom. The fourth-order valence-corrected chi connectivity index (χ4v) is 4.12. The zero-order valence-electron chi connectivity index (χ0n) is 18.5. The van der Waals surface area contributed by atoms with E-state index in [0.717, 1.165) is 5.56 Å². The van der Waals surface area contributed by atoms with Crippen molar-refractivity contribution < 1.29 is 14.3 Å². The van der Waals surface area contributed by atoms with Crippen molar-refractivity contribution >= 4 is 23.4 Å². The van der Waals surface area contributed by atoms with Gasteiger partial charge in [0.25, 0.3) is 5.91 Å². The van der Waals surface area contributed by atoms with Gasteiger partial charge in [0, 0.05) is 37.2 Å². The first-order valence-corrected chi connectivity index (χ1v) is 11.2. The van der Waals surface area contributed by atoms with Crippen LogP contribution in [0.25, 0.3) is 11.3 Å². The SMILES string of the molecule is COc1cc(-c2cc(C(=O)N3CCC(C(=O)NCc4ccccc4C#N)CC3)[nH]n2)c(Cl)cn1. The molecule has 0 bridgehead atoms. The van der Waals surface area contributed by atoms with Crippen molar-refractivity contribution in [2.75, 3.05) is 20.2 Å². The van der Waals surface area contributed by atoms with Gasteiger partial charge in [-0.25, -0.2) is 4.98 Å². The maximum Gasteiger partial charge on any atom is 0.271 e. The highest BCUT2D eigenvalue weighted by molar-refractivity contribution is 6.33. The Bertz CT molecular complexity index is 1240. The number of rotatable bonds is 6. The summed E-state index contributed by atoms with van der Waals surface area (Å²) in [5.74, 6) is -0.0342. The molecule has 1 fully saturated rings. The molecule has 0 saturated carbocycles. The van der Waals surface area contributed by atoms with E-state index in [4.69, 9.17) is 16.3 Å². The summed E-state index contributed by atoms with van der Waals surface area (Å²) in [4.78, 5) is 31.3. The van der Waals surface area contributed by atoms with Gasteiger partial charge in [0.15, 0.2) is 0 Å². The largest absolute Gasteiger partial charge is 0.481 e. The van der Waals surface area contributed by atoms with E-state index < -0.39 is 0 Å². The second-order valence-corrected chi connectivity index (χ2v) is 8.33. The van der Waals surface area contributed by atoms with Crippen LogP contribution in [-0.4, -0.2) is 52.1 Å². The van der Waals surface area contributed by atoms with E-state index in [2.05, 4.69) is 26.6 Å².